The van der Waals surface area contributed by atoms with Gasteiger partial charge in [0.25, 0.3) is 0 Å². The molecular formula is C22H27NO2. The summed E-state index contributed by atoms with van der Waals surface area (Å²) < 4.78 is 5.62. The molecule has 0 saturated heterocycles. The Morgan fingerprint density at radius 1 is 1.12 bits per heavy atom. The number of fused-ring (bicyclic) bond motifs is 1. The van der Waals surface area contributed by atoms with Crippen LogP contribution < -0.4 is 4.74 Å². The van der Waals surface area contributed by atoms with Gasteiger partial charge in [0, 0.05) is 13.1 Å². The van der Waals surface area contributed by atoms with Crippen LogP contribution in [-0.4, -0.2) is 24.0 Å². The lowest BCUT2D eigenvalue weighted by Gasteiger charge is -2.32. The highest BCUT2D eigenvalue weighted by Crippen LogP contribution is 2.29. The van der Waals surface area contributed by atoms with E-state index in [1.165, 1.54) is 11.1 Å². The van der Waals surface area contributed by atoms with Gasteiger partial charge in [-0.25, -0.2) is 0 Å². The first-order chi connectivity index (χ1) is 12.2. The van der Waals surface area contributed by atoms with Crippen LogP contribution in [0, 0.1) is 0 Å². The van der Waals surface area contributed by atoms with Crippen molar-refractivity contribution in [1.82, 2.24) is 4.90 Å². The van der Waals surface area contributed by atoms with E-state index in [4.69, 9.17) is 4.74 Å². The lowest BCUT2D eigenvalue weighted by Crippen LogP contribution is -2.39. The standard InChI is InChI=1S/C22H27NO2/c1-3-8-21(18-9-6-5-7-10-18)22(24)23-14-13-17-11-12-20(25-4-2)15-19(17)16-23/h5-7,9-12,15,21H,3-4,8,13-14,16H2,1-2H3. The highest BCUT2D eigenvalue weighted by atomic mass is 16.5. The lowest BCUT2D eigenvalue weighted by atomic mass is 9.91. The van der Waals surface area contributed by atoms with E-state index >= 15 is 0 Å². The Morgan fingerprint density at radius 2 is 1.92 bits per heavy atom. The molecule has 3 heteroatoms. The van der Waals surface area contributed by atoms with E-state index in [1.807, 2.05) is 36.1 Å². The molecule has 1 atom stereocenters. The molecule has 1 unspecified atom stereocenters. The molecule has 0 aromatic heterocycles. The molecule has 0 radical (unpaired) electrons. The van der Waals surface area contributed by atoms with Crippen molar-refractivity contribution in [2.45, 2.75) is 45.6 Å². The summed E-state index contributed by atoms with van der Waals surface area (Å²) in [5, 5.41) is 0. The molecule has 132 valence electrons. The van der Waals surface area contributed by atoms with Gasteiger partial charge in [-0.2, -0.15) is 0 Å². The monoisotopic (exact) mass is 337 g/mol. The zero-order valence-corrected chi connectivity index (χ0v) is 15.2. The van der Waals surface area contributed by atoms with E-state index in [2.05, 4.69) is 31.2 Å². The Labute approximate surface area is 150 Å². The molecule has 1 amide bonds. The molecule has 2 aromatic carbocycles. The molecule has 0 N–H and O–H groups in total. The number of carbonyl (C=O) groups is 1. The fourth-order valence-electron chi connectivity index (χ4n) is 3.61. The summed E-state index contributed by atoms with van der Waals surface area (Å²) in [4.78, 5) is 15.2. The third-order valence-corrected chi connectivity index (χ3v) is 4.89. The van der Waals surface area contributed by atoms with Crippen molar-refractivity contribution in [2.75, 3.05) is 13.2 Å². The van der Waals surface area contributed by atoms with Gasteiger partial charge in [0.05, 0.1) is 12.5 Å². The minimum Gasteiger partial charge on any atom is -0.494 e. The average Bonchev–Trinajstić information content (AvgIpc) is 2.66. The molecule has 0 fully saturated rings. The van der Waals surface area contributed by atoms with Crippen LogP contribution in [0.3, 0.4) is 0 Å². The first kappa shape index (κ1) is 17.5. The summed E-state index contributed by atoms with van der Waals surface area (Å²) in [6, 6.07) is 16.5. The van der Waals surface area contributed by atoms with E-state index < -0.39 is 0 Å². The van der Waals surface area contributed by atoms with Gasteiger partial charge >= 0.3 is 0 Å². The Morgan fingerprint density at radius 3 is 2.64 bits per heavy atom. The molecule has 3 rings (SSSR count). The summed E-state index contributed by atoms with van der Waals surface area (Å²) >= 11 is 0. The van der Waals surface area contributed by atoms with Crippen LogP contribution in [0.4, 0.5) is 0 Å². The van der Waals surface area contributed by atoms with Gasteiger partial charge in [0.15, 0.2) is 0 Å². The third-order valence-electron chi connectivity index (χ3n) is 4.89. The molecule has 2 aromatic rings. The zero-order valence-electron chi connectivity index (χ0n) is 15.2. The van der Waals surface area contributed by atoms with Gasteiger partial charge in [0.1, 0.15) is 5.75 Å². The van der Waals surface area contributed by atoms with Crippen LogP contribution in [0.2, 0.25) is 0 Å². The maximum atomic E-state index is 13.2. The van der Waals surface area contributed by atoms with E-state index in [9.17, 15) is 4.79 Å². The minimum absolute atomic E-state index is 0.0391. The zero-order chi connectivity index (χ0) is 17.6. The van der Waals surface area contributed by atoms with Crippen LogP contribution in [-0.2, 0) is 17.8 Å². The van der Waals surface area contributed by atoms with Crippen molar-refractivity contribution < 1.29 is 9.53 Å². The van der Waals surface area contributed by atoms with Gasteiger partial charge in [-0.15, -0.1) is 0 Å². The Kier molecular flexibility index (Phi) is 5.75. The third kappa shape index (κ3) is 4.04. The molecule has 0 saturated carbocycles. The van der Waals surface area contributed by atoms with Crippen molar-refractivity contribution in [1.29, 1.82) is 0 Å². The molecule has 3 nitrogen and oxygen atoms in total. The molecule has 0 aliphatic carbocycles. The first-order valence-electron chi connectivity index (χ1n) is 9.31. The van der Waals surface area contributed by atoms with E-state index in [0.29, 0.717) is 13.2 Å². The van der Waals surface area contributed by atoms with Crippen molar-refractivity contribution in [3.63, 3.8) is 0 Å². The smallest absolute Gasteiger partial charge is 0.230 e. The van der Waals surface area contributed by atoms with Crippen LogP contribution in [0.15, 0.2) is 48.5 Å². The van der Waals surface area contributed by atoms with Gasteiger partial charge in [-0.1, -0.05) is 49.7 Å². The van der Waals surface area contributed by atoms with Crippen molar-refractivity contribution in [3.05, 3.63) is 65.2 Å². The number of carbonyl (C=O) groups excluding carboxylic acids is 1. The number of amides is 1. The number of hydrogen-bond donors (Lipinski definition) is 0. The highest BCUT2D eigenvalue weighted by Gasteiger charge is 2.28. The molecule has 25 heavy (non-hydrogen) atoms. The Bertz CT molecular complexity index is 711. The summed E-state index contributed by atoms with van der Waals surface area (Å²) in [5.41, 5.74) is 3.68. The van der Waals surface area contributed by atoms with Crippen molar-refractivity contribution in [2.24, 2.45) is 0 Å². The van der Waals surface area contributed by atoms with Gasteiger partial charge in [-0.3, -0.25) is 4.79 Å². The molecule has 1 heterocycles. The molecule has 1 aliphatic heterocycles. The number of rotatable bonds is 6. The van der Waals surface area contributed by atoms with Crippen LogP contribution in [0.1, 0.15) is 49.3 Å². The predicted molar refractivity (Wildman–Crippen MR) is 101 cm³/mol. The highest BCUT2D eigenvalue weighted by molar-refractivity contribution is 5.84. The van der Waals surface area contributed by atoms with E-state index in [0.717, 1.165) is 37.1 Å². The van der Waals surface area contributed by atoms with E-state index in [1.54, 1.807) is 0 Å². The quantitative estimate of drug-likeness (QED) is 0.774. The fraction of sp³-hybridized carbons (Fsp3) is 0.409. The average molecular weight is 337 g/mol. The van der Waals surface area contributed by atoms with Gasteiger partial charge < -0.3 is 9.64 Å². The number of ether oxygens (including phenoxy) is 1. The first-order valence-corrected chi connectivity index (χ1v) is 9.31. The fourth-order valence-corrected chi connectivity index (χ4v) is 3.61. The molecule has 0 spiro atoms. The Balaban J connectivity index is 1.79. The maximum absolute atomic E-state index is 13.2. The summed E-state index contributed by atoms with van der Waals surface area (Å²) in [7, 11) is 0. The second-order valence-electron chi connectivity index (χ2n) is 6.63. The second kappa shape index (κ2) is 8.19. The summed E-state index contributed by atoms with van der Waals surface area (Å²) in [5.74, 6) is 1.10. The number of benzene rings is 2. The normalized spacial score (nSPS) is 14.7. The summed E-state index contributed by atoms with van der Waals surface area (Å²) in [6.45, 7) is 6.27. The molecule has 1 aliphatic rings. The lowest BCUT2D eigenvalue weighted by molar-refractivity contribution is -0.134. The van der Waals surface area contributed by atoms with Crippen LogP contribution in [0.25, 0.3) is 0 Å². The number of hydrogen-bond acceptors (Lipinski definition) is 2. The van der Waals surface area contributed by atoms with Gasteiger partial charge in [-0.05, 0) is 48.6 Å². The largest absolute Gasteiger partial charge is 0.494 e. The van der Waals surface area contributed by atoms with E-state index in [-0.39, 0.29) is 11.8 Å². The Hall–Kier alpha value is -2.29. The minimum atomic E-state index is -0.0391. The maximum Gasteiger partial charge on any atom is 0.230 e. The van der Waals surface area contributed by atoms with Crippen molar-refractivity contribution in [3.8, 4) is 5.75 Å². The predicted octanol–water partition coefficient (Wildman–Crippen LogP) is 4.55. The van der Waals surface area contributed by atoms with Crippen LogP contribution >= 0.6 is 0 Å². The topological polar surface area (TPSA) is 29.5 Å². The van der Waals surface area contributed by atoms with Crippen LogP contribution in [0.5, 0.6) is 5.75 Å². The molecule has 0 bridgehead atoms. The second-order valence-corrected chi connectivity index (χ2v) is 6.63. The number of nitrogens with zero attached hydrogens (tertiary/aromatic N) is 1. The van der Waals surface area contributed by atoms with Gasteiger partial charge in [0.2, 0.25) is 5.91 Å². The summed E-state index contributed by atoms with van der Waals surface area (Å²) in [6.07, 6.45) is 2.82. The SMILES string of the molecule is CCCC(C(=O)N1CCc2ccc(OCC)cc2C1)c1ccccc1. The van der Waals surface area contributed by atoms with Crippen molar-refractivity contribution >= 4 is 5.91 Å². The molecular weight excluding hydrogens is 310 g/mol.